The molecule has 2 aromatic carbocycles. The molecule has 5 heteroatoms. The van der Waals surface area contributed by atoms with Gasteiger partial charge in [0.15, 0.2) is 0 Å². The van der Waals surface area contributed by atoms with Crippen molar-refractivity contribution in [2.24, 2.45) is 0 Å². The van der Waals surface area contributed by atoms with Gasteiger partial charge in [-0.1, -0.05) is 18.2 Å². The predicted octanol–water partition coefficient (Wildman–Crippen LogP) is 3.08. The molecule has 3 nitrogen and oxygen atoms in total. The van der Waals surface area contributed by atoms with E-state index in [1.807, 2.05) is 18.2 Å². The fourth-order valence-electron chi connectivity index (χ4n) is 1.81. The van der Waals surface area contributed by atoms with Crippen molar-refractivity contribution < 1.29 is 13.6 Å². The van der Waals surface area contributed by atoms with E-state index in [1.54, 1.807) is 19.1 Å². The Balaban J connectivity index is 1.90. The summed E-state index contributed by atoms with van der Waals surface area (Å²) in [6.45, 7) is 1.74. The van der Waals surface area contributed by atoms with E-state index in [9.17, 15) is 13.6 Å². The Kier molecular flexibility index (Phi) is 5.00. The van der Waals surface area contributed by atoms with Crippen molar-refractivity contribution in [1.82, 2.24) is 5.32 Å². The Labute approximate surface area is 122 Å². The molecule has 1 atom stereocenters. The maximum absolute atomic E-state index is 13.5. The summed E-state index contributed by atoms with van der Waals surface area (Å²) in [6, 6.07) is 11.7. The monoisotopic (exact) mass is 290 g/mol. The van der Waals surface area contributed by atoms with Gasteiger partial charge in [0.2, 0.25) is 5.91 Å². The van der Waals surface area contributed by atoms with Gasteiger partial charge in [-0.2, -0.15) is 0 Å². The van der Waals surface area contributed by atoms with Gasteiger partial charge < -0.3 is 10.6 Å². The summed E-state index contributed by atoms with van der Waals surface area (Å²) in [7, 11) is 0. The molecule has 0 aliphatic rings. The molecule has 0 spiro atoms. The summed E-state index contributed by atoms with van der Waals surface area (Å²) >= 11 is 0. The van der Waals surface area contributed by atoms with Crippen LogP contribution in [0, 0.1) is 11.6 Å². The first-order valence-corrected chi connectivity index (χ1v) is 6.59. The van der Waals surface area contributed by atoms with Crippen LogP contribution in [0.5, 0.6) is 0 Å². The molecule has 110 valence electrons. The Hall–Kier alpha value is -2.27. The SMILES string of the molecule is CC(NCc1cc(F)ccc1F)C(=O)Nc1ccccc1. The van der Waals surface area contributed by atoms with Crippen molar-refractivity contribution in [3.8, 4) is 0 Å². The number of hydrogen-bond donors (Lipinski definition) is 2. The Morgan fingerprint density at radius 2 is 1.86 bits per heavy atom. The van der Waals surface area contributed by atoms with Crippen molar-refractivity contribution in [1.29, 1.82) is 0 Å². The van der Waals surface area contributed by atoms with Crippen LogP contribution in [0.2, 0.25) is 0 Å². The second-order valence-electron chi connectivity index (χ2n) is 4.69. The van der Waals surface area contributed by atoms with E-state index in [2.05, 4.69) is 10.6 Å². The number of halogens is 2. The first-order valence-electron chi connectivity index (χ1n) is 6.59. The van der Waals surface area contributed by atoms with E-state index in [0.717, 1.165) is 18.2 Å². The Morgan fingerprint density at radius 1 is 1.14 bits per heavy atom. The van der Waals surface area contributed by atoms with E-state index >= 15 is 0 Å². The fourth-order valence-corrected chi connectivity index (χ4v) is 1.81. The number of rotatable bonds is 5. The molecule has 0 saturated carbocycles. The van der Waals surface area contributed by atoms with Gasteiger partial charge in [-0.3, -0.25) is 4.79 Å². The predicted molar refractivity (Wildman–Crippen MR) is 77.7 cm³/mol. The van der Waals surface area contributed by atoms with Gasteiger partial charge >= 0.3 is 0 Å². The van der Waals surface area contributed by atoms with Gasteiger partial charge in [-0.05, 0) is 37.3 Å². The zero-order chi connectivity index (χ0) is 15.2. The summed E-state index contributed by atoms with van der Waals surface area (Å²) in [5.41, 5.74) is 0.877. The van der Waals surface area contributed by atoms with Gasteiger partial charge in [-0.25, -0.2) is 8.78 Å². The highest BCUT2D eigenvalue weighted by Gasteiger charge is 2.13. The summed E-state index contributed by atoms with van der Waals surface area (Å²) in [6.07, 6.45) is 0. The lowest BCUT2D eigenvalue weighted by Crippen LogP contribution is -2.37. The van der Waals surface area contributed by atoms with Gasteiger partial charge in [0.25, 0.3) is 0 Å². The largest absolute Gasteiger partial charge is 0.325 e. The second kappa shape index (κ2) is 6.95. The quantitative estimate of drug-likeness (QED) is 0.888. The number of benzene rings is 2. The van der Waals surface area contributed by atoms with Crippen LogP contribution in [0.15, 0.2) is 48.5 Å². The normalized spacial score (nSPS) is 12.0. The molecule has 2 aromatic rings. The number of anilines is 1. The summed E-state index contributed by atoms with van der Waals surface area (Å²) in [4.78, 5) is 11.9. The number of nitrogens with one attached hydrogen (secondary N) is 2. The molecular formula is C16H16F2N2O. The third-order valence-electron chi connectivity index (χ3n) is 3.04. The molecule has 0 radical (unpaired) electrons. The first-order chi connectivity index (χ1) is 10.1. The zero-order valence-corrected chi connectivity index (χ0v) is 11.6. The lowest BCUT2D eigenvalue weighted by molar-refractivity contribution is -0.117. The standard InChI is InChI=1S/C16H16F2N2O/c1-11(16(21)20-14-5-3-2-4-6-14)19-10-12-9-13(17)7-8-15(12)18/h2-9,11,19H,10H2,1H3,(H,20,21). The molecular weight excluding hydrogens is 274 g/mol. The van der Waals surface area contributed by atoms with Crippen LogP contribution in [0.3, 0.4) is 0 Å². The van der Waals surface area contributed by atoms with Gasteiger partial charge in [0.05, 0.1) is 6.04 Å². The van der Waals surface area contributed by atoms with Gasteiger partial charge in [0, 0.05) is 17.8 Å². The molecule has 2 N–H and O–H groups in total. The minimum absolute atomic E-state index is 0.0764. The van der Waals surface area contributed by atoms with Crippen molar-refractivity contribution in [2.45, 2.75) is 19.5 Å². The van der Waals surface area contributed by atoms with Crippen LogP contribution in [0.1, 0.15) is 12.5 Å². The Bertz CT molecular complexity index is 617. The molecule has 0 saturated heterocycles. The van der Waals surface area contributed by atoms with Crippen molar-refractivity contribution in [3.63, 3.8) is 0 Å². The highest BCUT2D eigenvalue weighted by molar-refractivity contribution is 5.94. The molecule has 0 fully saturated rings. The second-order valence-corrected chi connectivity index (χ2v) is 4.69. The first kappa shape index (κ1) is 15.1. The van der Waals surface area contributed by atoms with Gasteiger partial charge in [-0.15, -0.1) is 0 Å². The number of hydrogen-bond acceptors (Lipinski definition) is 2. The van der Waals surface area contributed by atoms with Crippen LogP contribution in [-0.4, -0.2) is 11.9 Å². The topological polar surface area (TPSA) is 41.1 Å². The average molecular weight is 290 g/mol. The minimum Gasteiger partial charge on any atom is -0.325 e. The molecule has 0 bridgehead atoms. The molecule has 1 unspecified atom stereocenters. The van der Waals surface area contributed by atoms with Crippen LogP contribution in [-0.2, 0) is 11.3 Å². The zero-order valence-electron chi connectivity index (χ0n) is 11.6. The van der Waals surface area contributed by atoms with Crippen LogP contribution >= 0.6 is 0 Å². The smallest absolute Gasteiger partial charge is 0.241 e. The minimum atomic E-state index is -0.534. The third-order valence-corrected chi connectivity index (χ3v) is 3.04. The van der Waals surface area contributed by atoms with E-state index in [4.69, 9.17) is 0 Å². The van der Waals surface area contributed by atoms with E-state index in [0.29, 0.717) is 5.69 Å². The summed E-state index contributed by atoms with van der Waals surface area (Å²) in [5.74, 6) is -1.24. The Morgan fingerprint density at radius 3 is 2.57 bits per heavy atom. The lowest BCUT2D eigenvalue weighted by atomic mass is 10.2. The molecule has 2 rings (SSSR count). The van der Waals surface area contributed by atoms with E-state index in [1.165, 1.54) is 0 Å². The van der Waals surface area contributed by atoms with Crippen LogP contribution in [0.4, 0.5) is 14.5 Å². The van der Waals surface area contributed by atoms with Gasteiger partial charge in [0.1, 0.15) is 11.6 Å². The average Bonchev–Trinajstić information content (AvgIpc) is 2.49. The third kappa shape index (κ3) is 4.36. The number of carbonyl (C=O) groups excluding carboxylic acids is 1. The molecule has 0 aliphatic carbocycles. The molecule has 1 amide bonds. The maximum atomic E-state index is 13.5. The molecule has 21 heavy (non-hydrogen) atoms. The highest BCUT2D eigenvalue weighted by atomic mass is 19.1. The summed E-state index contributed by atoms with van der Waals surface area (Å²) in [5, 5.41) is 5.60. The van der Waals surface area contributed by atoms with Crippen LogP contribution in [0.25, 0.3) is 0 Å². The van der Waals surface area contributed by atoms with E-state index in [-0.39, 0.29) is 18.0 Å². The lowest BCUT2D eigenvalue weighted by Gasteiger charge is -2.14. The fraction of sp³-hybridized carbons (Fsp3) is 0.188. The molecule has 0 heterocycles. The van der Waals surface area contributed by atoms with Crippen molar-refractivity contribution in [2.75, 3.05) is 5.32 Å². The number of amides is 1. The molecule has 0 aliphatic heterocycles. The van der Waals surface area contributed by atoms with Crippen molar-refractivity contribution in [3.05, 3.63) is 65.7 Å². The van der Waals surface area contributed by atoms with Crippen LogP contribution < -0.4 is 10.6 Å². The summed E-state index contributed by atoms with van der Waals surface area (Å²) < 4.78 is 26.5. The number of carbonyl (C=O) groups is 1. The van der Waals surface area contributed by atoms with Crippen molar-refractivity contribution >= 4 is 11.6 Å². The van der Waals surface area contributed by atoms with E-state index < -0.39 is 17.7 Å². The maximum Gasteiger partial charge on any atom is 0.241 e. The number of para-hydroxylation sites is 1. The highest BCUT2D eigenvalue weighted by Crippen LogP contribution is 2.10. The molecule has 0 aromatic heterocycles.